The highest BCUT2D eigenvalue weighted by atomic mass is 16.5. The van der Waals surface area contributed by atoms with Crippen LogP contribution in [0, 0.1) is 5.92 Å². The Morgan fingerprint density at radius 1 is 1.30 bits per heavy atom. The molecule has 4 nitrogen and oxygen atoms in total. The molecule has 0 aromatic heterocycles. The van der Waals surface area contributed by atoms with E-state index >= 15 is 0 Å². The van der Waals surface area contributed by atoms with Gasteiger partial charge in [-0.3, -0.25) is 4.79 Å². The van der Waals surface area contributed by atoms with Crippen LogP contribution in [0.15, 0.2) is 24.3 Å². The fourth-order valence-corrected chi connectivity index (χ4v) is 2.70. The van der Waals surface area contributed by atoms with E-state index in [0.717, 1.165) is 18.9 Å². The van der Waals surface area contributed by atoms with Crippen LogP contribution in [-0.4, -0.2) is 19.1 Å². The Kier molecular flexibility index (Phi) is 5.71. The summed E-state index contributed by atoms with van der Waals surface area (Å²) in [5.41, 5.74) is 6.29. The molecule has 0 atom stereocenters. The van der Waals surface area contributed by atoms with E-state index in [4.69, 9.17) is 10.5 Å². The van der Waals surface area contributed by atoms with Crippen molar-refractivity contribution in [2.24, 2.45) is 5.92 Å². The van der Waals surface area contributed by atoms with Crippen LogP contribution in [0.2, 0.25) is 0 Å². The van der Waals surface area contributed by atoms with E-state index < -0.39 is 0 Å². The van der Waals surface area contributed by atoms with Gasteiger partial charge in [0.05, 0.1) is 0 Å². The summed E-state index contributed by atoms with van der Waals surface area (Å²) in [7, 11) is 0. The van der Waals surface area contributed by atoms with Crippen LogP contribution in [0.25, 0.3) is 0 Å². The molecule has 20 heavy (non-hydrogen) atoms. The zero-order chi connectivity index (χ0) is 14.2. The number of ether oxygens (including phenoxy) is 1. The van der Waals surface area contributed by atoms with Crippen molar-refractivity contribution in [2.75, 3.05) is 18.9 Å². The Morgan fingerprint density at radius 3 is 2.85 bits per heavy atom. The summed E-state index contributed by atoms with van der Waals surface area (Å²) in [6, 6.07) is 7.11. The molecule has 0 heterocycles. The number of nitrogens with two attached hydrogens (primary N) is 1. The zero-order valence-corrected chi connectivity index (χ0v) is 11.9. The quantitative estimate of drug-likeness (QED) is 0.785. The lowest BCUT2D eigenvalue weighted by Gasteiger charge is -2.21. The molecule has 0 radical (unpaired) electrons. The lowest BCUT2D eigenvalue weighted by Crippen LogP contribution is -2.30. The molecule has 0 aliphatic heterocycles. The van der Waals surface area contributed by atoms with Gasteiger partial charge in [0.1, 0.15) is 5.75 Å². The van der Waals surface area contributed by atoms with E-state index in [1.54, 1.807) is 18.2 Å². The second-order valence-electron chi connectivity index (χ2n) is 5.50. The molecule has 2 rings (SSSR count). The van der Waals surface area contributed by atoms with Gasteiger partial charge in [-0.05, 0) is 24.5 Å². The third-order valence-corrected chi connectivity index (χ3v) is 3.83. The summed E-state index contributed by atoms with van der Waals surface area (Å²) in [6.45, 7) is 0.803. The molecule has 0 saturated heterocycles. The van der Waals surface area contributed by atoms with Crippen LogP contribution in [0.5, 0.6) is 5.75 Å². The first-order valence-electron chi connectivity index (χ1n) is 7.49. The molecule has 1 aromatic carbocycles. The highest BCUT2D eigenvalue weighted by Gasteiger charge is 2.13. The maximum atomic E-state index is 11.7. The Labute approximate surface area is 120 Å². The first-order chi connectivity index (χ1) is 9.74. The largest absolute Gasteiger partial charge is 0.484 e. The number of hydrogen-bond acceptors (Lipinski definition) is 3. The SMILES string of the molecule is Nc1cccc(OCC(=O)NCCC2CCCCC2)c1. The van der Waals surface area contributed by atoms with Gasteiger partial charge in [-0.1, -0.05) is 38.2 Å². The van der Waals surface area contributed by atoms with E-state index in [0.29, 0.717) is 11.4 Å². The van der Waals surface area contributed by atoms with E-state index in [-0.39, 0.29) is 12.5 Å². The number of carbonyl (C=O) groups excluding carboxylic acids is 1. The van der Waals surface area contributed by atoms with Crippen LogP contribution in [-0.2, 0) is 4.79 Å². The minimum Gasteiger partial charge on any atom is -0.484 e. The number of carbonyl (C=O) groups is 1. The normalized spacial score (nSPS) is 15.8. The van der Waals surface area contributed by atoms with Gasteiger partial charge in [0.15, 0.2) is 6.61 Å². The van der Waals surface area contributed by atoms with Crippen molar-refractivity contribution in [1.29, 1.82) is 0 Å². The second-order valence-corrected chi connectivity index (χ2v) is 5.50. The summed E-state index contributed by atoms with van der Waals surface area (Å²) in [5.74, 6) is 1.36. The van der Waals surface area contributed by atoms with Crippen molar-refractivity contribution in [2.45, 2.75) is 38.5 Å². The Bertz CT molecular complexity index is 428. The van der Waals surface area contributed by atoms with Crippen molar-refractivity contribution in [1.82, 2.24) is 5.32 Å². The molecule has 110 valence electrons. The lowest BCUT2D eigenvalue weighted by atomic mass is 9.87. The molecular formula is C16H24N2O2. The predicted molar refractivity (Wildman–Crippen MR) is 80.6 cm³/mol. The van der Waals surface area contributed by atoms with Crippen LogP contribution in [0.4, 0.5) is 5.69 Å². The van der Waals surface area contributed by atoms with E-state index in [1.807, 2.05) is 6.07 Å². The van der Waals surface area contributed by atoms with Crippen LogP contribution in [0.3, 0.4) is 0 Å². The highest BCUT2D eigenvalue weighted by Crippen LogP contribution is 2.25. The van der Waals surface area contributed by atoms with Crippen molar-refractivity contribution in [3.05, 3.63) is 24.3 Å². The molecule has 1 aromatic rings. The van der Waals surface area contributed by atoms with Crippen molar-refractivity contribution in [3.63, 3.8) is 0 Å². The first kappa shape index (κ1) is 14.7. The number of nitrogens with one attached hydrogen (secondary N) is 1. The van der Waals surface area contributed by atoms with Crippen LogP contribution < -0.4 is 15.8 Å². The molecule has 0 unspecified atom stereocenters. The number of benzene rings is 1. The average Bonchev–Trinajstić information content (AvgIpc) is 2.46. The van der Waals surface area contributed by atoms with Crippen molar-refractivity contribution < 1.29 is 9.53 Å². The summed E-state index contributed by atoms with van der Waals surface area (Å²) in [4.78, 5) is 11.7. The fraction of sp³-hybridized carbons (Fsp3) is 0.562. The van der Waals surface area contributed by atoms with Crippen LogP contribution >= 0.6 is 0 Å². The first-order valence-corrected chi connectivity index (χ1v) is 7.49. The maximum Gasteiger partial charge on any atom is 0.257 e. The van der Waals surface area contributed by atoms with Crippen molar-refractivity contribution >= 4 is 11.6 Å². The molecule has 0 bridgehead atoms. The molecule has 1 aliphatic carbocycles. The standard InChI is InChI=1S/C16H24N2O2/c17-14-7-4-8-15(11-14)20-12-16(19)18-10-9-13-5-2-1-3-6-13/h4,7-8,11,13H,1-3,5-6,9-10,12,17H2,(H,18,19). The second kappa shape index (κ2) is 7.78. The Hall–Kier alpha value is -1.71. The molecule has 1 fully saturated rings. The van der Waals surface area contributed by atoms with E-state index in [1.165, 1.54) is 32.1 Å². The summed E-state index contributed by atoms with van der Waals surface area (Å²) in [5, 5.41) is 2.92. The van der Waals surface area contributed by atoms with E-state index in [2.05, 4.69) is 5.32 Å². The number of anilines is 1. The third kappa shape index (κ3) is 5.11. The monoisotopic (exact) mass is 276 g/mol. The van der Waals surface area contributed by atoms with Gasteiger partial charge in [-0.2, -0.15) is 0 Å². The topological polar surface area (TPSA) is 64.3 Å². The average molecular weight is 276 g/mol. The number of amides is 1. The van der Waals surface area contributed by atoms with Crippen LogP contribution in [0.1, 0.15) is 38.5 Å². The third-order valence-electron chi connectivity index (χ3n) is 3.83. The van der Waals surface area contributed by atoms with Gasteiger partial charge >= 0.3 is 0 Å². The highest BCUT2D eigenvalue weighted by molar-refractivity contribution is 5.77. The van der Waals surface area contributed by atoms with Gasteiger partial charge in [0.25, 0.3) is 5.91 Å². The molecule has 1 amide bonds. The molecule has 4 heteroatoms. The molecule has 0 spiro atoms. The summed E-state index contributed by atoms with van der Waals surface area (Å²) < 4.78 is 5.40. The fourth-order valence-electron chi connectivity index (χ4n) is 2.70. The maximum absolute atomic E-state index is 11.7. The minimum atomic E-state index is -0.0665. The number of nitrogen functional groups attached to an aromatic ring is 1. The predicted octanol–water partition coefficient (Wildman–Crippen LogP) is 2.73. The number of rotatable bonds is 6. The Morgan fingerprint density at radius 2 is 2.10 bits per heavy atom. The summed E-state index contributed by atoms with van der Waals surface area (Å²) >= 11 is 0. The van der Waals surface area contributed by atoms with Gasteiger partial charge in [0.2, 0.25) is 0 Å². The lowest BCUT2D eigenvalue weighted by molar-refractivity contribution is -0.123. The van der Waals surface area contributed by atoms with Gasteiger partial charge in [-0.15, -0.1) is 0 Å². The van der Waals surface area contributed by atoms with Gasteiger partial charge in [0, 0.05) is 18.3 Å². The molecular weight excluding hydrogens is 252 g/mol. The minimum absolute atomic E-state index is 0.0497. The zero-order valence-electron chi connectivity index (χ0n) is 11.9. The van der Waals surface area contributed by atoms with Gasteiger partial charge < -0.3 is 15.8 Å². The van der Waals surface area contributed by atoms with E-state index in [9.17, 15) is 4.79 Å². The molecule has 1 saturated carbocycles. The van der Waals surface area contributed by atoms with Crippen molar-refractivity contribution in [3.8, 4) is 5.75 Å². The number of hydrogen-bond donors (Lipinski definition) is 2. The smallest absolute Gasteiger partial charge is 0.257 e. The Balaban J connectivity index is 1.60. The van der Waals surface area contributed by atoms with Gasteiger partial charge in [-0.25, -0.2) is 0 Å². The molecule has 1 aliphatic rings. The molecule has 3 N–H and O–H groups in total. The summed E-state index contributed by atoms with van der Waals surface area (Å²) in [6.07, 6.45) is 7.78.